The normalized spacial score (nSPS) is 34.7. The second kappa shape index (κ2) is 2.57. The highest BCUT2D eigenvalue weighted by Crippen LogP contribution is 2.41. The highest BCUT2D eigenvalue weighted by Gasteiger charge is 2.45. The van der Waals surface area contributed by atoms with E-state index in [1.807, 2.05) is 0 Å². The molecule has 4 nitrogen and oxygen atoms in total. The van der Waals surface area contributed by atoms with Crippen LogP contribution in [0.1, 0.15) is 18.7 Å². The van der Waals surface area contributed by atoms with Crippen LogP contribution in [0.5, 0.6) is 0 Å². The van der Waals surface area contributed by atoms with Gasteiger partial charge in [-0.3, -0.25) is 0 Å². The Morgan fingerprint density at radius 3 is 2.92 bits per heavy atom. The maximum Gasteiger partial charge on any atom is 0.113 e. The fraction of sp³-hybridized carbons (Fsp3) is 0.625. The van der Waals surface area contributed by atoms with Crippen LogP contribution in [0.4, 0.5) is 0 Å². The molecule has 1 aromatic heterocycles. The SMILES string of the molecule is NCC1(c2ncc[nH]2)CC(O)C1. The molecule has 0 spiro atoms. The molecule has 12 heavy (non-hydrogen) atoms. The Morgan fingerprint density at radius 1 is 1.75 bits per heavy atom. The van der Waals surface area contributed by atoms with Gasteiger partial charge in [0.05, 0.1) is 6.10 Å². The second-order valence-corrected chi connectivity index (χ2v) is 3.48. The first-order valence-electron chi connectivity index (χ1n) is 4.15. The smallest absolute Gasteiger partial charge is 0.113 e. The van der Waals surface area contributed by atoms with Crippen molar-refractivity contribution in [3.8, 4) is 0 Å². The molecule has 1 aromatic rings. The van der Waals surface area contributed by atoms with E-state index in [4.69, 9.17) is 5.73 Å². The van der Waals surface area contributed by atoms with Gasteiger partial charge in [-0.25, -0.2) is 4.98 Å². The van der Waals surface area contributed by atoms with E-state index in [1.165, 1.54) is 0 Å². The molecule has 0 saturated heterocycles. The van der Waals surface area contributed by atoms with Crippen molar-refractivity contribution in [3.05, 3.63) is 18.2 Å². The predicted molar refractivity (Wildman–Crippen MR) is 44.6 cm³/mol. The number of hydrogen-bond acceptors (Lipinski definition) is 3. The minimum absolute atomic E-state index is 0.0804. The first kappa shape index (κ1) is 7.76. The van der Waals surface area contributed by atoms with Gasteiger partial charge in [0, 0.05) is 24.4 Å². The molecule has 2 rings (SSSR count). The summed E-state index contributed by atoms with van der Waals surface area (Å²) in [4.78, 5) is 7.22. The molecule has 1 saturated carbocycles. The van der Waals surface area contributed by atoms with Gasteiger partial charge in [-0.05, 0) is 12.8 Å². The van der Waals surface area contributed by atoms with Gasteiger partial charge in [0.25, 0.3) is 0 Å². The fourth-order valence-corrected chi connectivity index (χ4v) is 1.85. The lowest BCUT2D eigenvalue weighted by Gasteiger charge is -2.43. The first-order valence-corrected chi connectivity index (χ1v) is 4.15. The van der Waals surface area contributed by atoms with Crippen molar-refractivity contribution in [1.82, 2.24) is 9.97 Å². The maximum absolute atomic E-state index is 9.22. The second-order valence-electron chi connectivity index (χ2n) is 3.48. The van der Waals surface area contributed by atoms with Crippen LogP contribution in [0.15, 0.2) is 12.4 Å². The molecular weight excluding hydrogens is 154 g/mol. The van der Waals surface area contributed by atoms with Crippen LogP contribution in [0, 0.1) is 0 Å². The molecule has 0 bridgehead atoms. The summed E-state index contributed by atoms with van der Waals surface area (Å²) >= 11 is 0. The summed E-state index contributed by atoms with van der Waals surface area (Å²) in [5.74, 6) is 0.912. The average molecular weight is 167 g/mol. The standard InChI is InChI=1S/C8H13N3O/c9-5-8(3-6(12)4-8)7-10-1-2-11-7/h1-2,6,12H,3-5,9H2,(H,10,11). The predicted octanol–water partition coefficient (Wildman–Crippen LogP) is -0.239. The quantitative estimate of drug-likeness (QED) is 0.569. The van der Waals surface area contributed by atoms with Crippen molar-refractivity contribution in [2.24, 2.45) is 5.73 Å². The number of aliphatic hydroxyl groups is 1. The van der Waals surface area contributed by atoms with E-state index >= 15 is 0 Å². The van der Waals surface area contributed by atoms with Gasteiger partial charge < -0.3 is 15.8 Å². The van der Waals surface area contributed by atoms with Crippen LogP contribution in [-0.2, 0) is 5.41 Å². The molecule has 1 aliphatic rings. The zero-order chi connectivity index (χ0) is 8.60. The fourth-order valence-electron chi connectivity index (χ4n) is 1.85. The van der Waals surface area contributed by atoms with E-state index < -0.39 is 0 Å². The average Bonchev–Trinajstić information content (AvgIpc) is 2.50. The van der Waals surface area contributed by atoms with E-state index in [-0.39, 0.29) is 11.5 Å². The Labute approximate surface area is 70.8 Å². The number of nitrogens with one attached hydrogen (secondary N) is 1. The van der Waals surface area contributed by atoms with Crippen molar-refractivity contribution < 1.29 is 5.11 Å². The molecule has 1 fully saturated rings. The number of nitrogens with two attached hydrogens (primary N) is 1. The molecule has 0 radical (unpaired) electrons. The van der Waals surface area contributed by atoms with E-state index in [1.54, 1.807) is 12.4 Å². The summed E-state index contributed by atoms with van der Waals surface area (Å²) < 4.78 is 0. The molecule has 4 heteroatoms. The highest BCUT2D eigenvalue weighted by atomic mass is 16.3. The third-order valence-corrected chi connectivity index (χ3v) is 2.64. The largest absolute Gasteiger partial charge is 0.393 e. The summed E-state index contributed by atoms with van der Waals surface area (Å²) in [5, 5.41) is 9.22. The van der Waals surface area contributed by atoms with Crippen molar-refractivity contribution in [3.63, 3.8) is 0 Å². The van der Waals surface area contributed by atoms with Gasteiger partial charge in [-0.15, -0.1) is 0 Å². The number of hydrogen-bond donors (Lipinski definition) is 3. The number of rotatable bonds is 2. The summed E-state index contributed by atoms with van der Waals surface area (Å²) in [6, 6.07) is 0. The lowest BCUT2D eigenvalue weighted by atomic mass is 9.66. The van der Waals surface area contributed by atoms with Crippen molar-refractivity contribution >= 4 is 0 Å². The van der Waals surface area contributed by atoms with Crippen LogP contribution in [-0.4, -0.2) is 27.7 Å². The number of aromatic nitrogens is 2. The van der Waals surface area contributed by atoms with Gasteiger partial charge in [-0.2, -0.15) is 0 Å². The number of nitrogens with zero attached hydrogens (tertiary/aromatic N) is 1. The van der Waals surface area contributed by atoms with Crippen LogP contribution >= 0.6 is 0 Å². The van der Waals surface area contributed by atoms with E-state index in [9.17, 15) is 5.11 Å². The first-order chi connectivity index (χ1) is 5.77. The number of aromatic amines is 1. The van der Waals surface area contributed by atoms with Gasteiger partial charge in [0.1, 0.15) is 5.82 Å². The van der Waals surface area contributed by atoms with Crippen molar-refractivity contribution in [1.29, 1.82) is 0 Å². The van der Waals surface area contributed by atoms with Gasteiger partial charge in [0.2, 0.25) is 0 Å². The minimum atomic E-state index is -0.196. The Kier molecular flexibility index (Phi) is 1.66. The summed E-state index contributed by atoms with van der Waals surface area (Å²) in [7, 11) is 0. The molecule has 66 valence electrons. The summed E-state index contributed by atoms with van der Waals surface area (Å²) in [6.07, 6.45) is 4.78. The third kappa shape index (κ3) is 0.956. The third-order valence-electron chi connectivity index (χ3n) is 2.64. The summed E-state index contributed by atoms with van der Waals surface area (Å²) in [5.41, 5.74) is 5.57. The monoisotopic (exact) mass is 167 g/mol. The summed E-state index contributed by atoms with van der Waals surface area (Å²) in [6.45, 7) is 0.553. The van der Waals surface area contributed by atoms with E-state index in [0.717, 1.165) is 18.7 Å². The van der Waals surface area contributed by atoms with Crippen LogP contribution in [0.2, 0.25) is 0 Å². The van der Waals surface area contributed by atoms with Crippen LogP contribution < -0.4 is 5.73 Å². The molecule has 0 aromatic carbocycles. The lowest BCUT2D eigenvalue weighted by molar-refractivity contribution is 0.0182. The van der Waals surface area contributed by atoms with Crippen LogP contribution in [0.25, 0.3) is 0 Å². The zero-order valence-corrected chi connectivity index (χ0v) is 6.83. The topological polar surface area (TPSA) is 74.9 Å². The van der Waals surface area contributed by atoms with E-state index in [0.29, 0.717) is 6.54 Å². The molecule has 1 aliphatic carbocycles. The Balaban J connectivity index is 2.20. The minimum Gasteiger partial charge on any atom is -0.393 e. The Bertz CT molecular complexity index is 251. The molecule has 0 unspecified atom stereocenters. The van der Waals surface area contributed by atoms with Gasteiger partial charge >= 0.3 is 0 Å². The Hall–Kier alpha value is -0.870. The number of aliphatic hydroxyl groups excluding tert-OH is 1. The zero-order valence-electron chi connectivity index (χ0n) is 6.83. The van der Waals surface area contributed by atoms with Gasteiger partial charge in [0.15, 0.2) is 0 Å². The van der Waals surface area contributed by atoms with Crippen molar-refractivity contribution in [2.45, 2.75) is 24.4 Å². The number of H-pyrrole nitrogens is 1. The molecule has 0 atom stereocenters. The molecule has 0 amide bonds. The van der Waals surface area contributed by atoms with E-state index in [2.05, 4.69) is 9.97 Å². The molecule has 1 heterocycles. The van der Waals surface area contributed by atoms with Crippen molar-refractivity contribution in [2.75, 3.05) is 6.54 Å². The Morgan fingerprint density at radius 2 is 2.50 bits per heavy atom. The van der Waals surface area contributed by atoms with Crippen LogP contribution in [0.3, 0.4) is 0 Å². The highest BCUT2D eigenvalue weighted by molar-refractivity contribution is 5.16. The molecular formula is C8H13N3O. The van der Waals surface area contributed by atoms with Gasteiger partial charge in [-0.1, -0.05) is 0 Å². The lowest BCUT2D eigenvalue weighted by Crippen LogP contribution is -2.50. The maximum atomic E-state index is 9.22. The molecule has 4 N–H and O–H groups in total. The molecule has 0 aliphatic heterocycles. The number of imidazole rings is 1.